The maximum Gasteiger partial charge on any atom is 0.190 e. The zero-order chi connectivity index (χ0) is 15.3. The Kier molecular flexibility index (Phi) is 13.3. The van der Waals surface area contributed by atoms with E-state index >= 15 is 0 Å². The molecule has 0 aliphatic carbocycles. The van der Waals surface area contributed by atoms with Crippen LogP contribution in [0.2, 0.25) is 0 Å². The maximum absolute atomic E-state index is 4.28. The second-order valence-corrected chi connectivity index (χ2v) is 5.41. The van der Waals surface area contributed by atoms with Crippen LogP contribution >= 0.6 is 24.0 Å². The molecule has 4 nitrogen and oxygen atoms in total. The molecule has 5 heteroatoms. The van der Waals surface area contributed by atoms with Gasteiger partial charge >= 0.3 is 0 Å². The fourth-order valence-electron chi connectivity index (χ4n) is 2.28. The number of aromatic nitrogens is 1. The molecule has 2 N–H and O–H groups in total. The average molecular weight is 418 g/mol. The molecule has 1 atom stereocenters. The first-order chi connectivity index (χ1) is 10.3. The third kappa shape index (κ3) is 9.23. The predicted molar refractivity (Wildman–Crippen MR) is 106 cm³/mol. The van der Waals surface area contributed by atoms with Crippen LogP contribution in [0.25, 0.3) is 0 Å². The van der Waals surface area contributed by atoms with Gasteiger partial charge in [-0.25, -0.2) is 0 Å². The molecule has 0 spiro atoms. The minimum Gasteiger partial charge on any atom is -0.356 e. The number of nitrogens with zero attached hydrogens (tertiary/aromatic N) is 2. The van der Waals surface area contributed by atoms with Gasteiger partial charge < -0.3 is 10.6 Å². The van der Waals surface area contributed by atoms with Crippen molar-refractivity contribution in [1.82, 2.24) is 15.6 Å². The van der Waals surface area contributed by atoms with Crippen molar-refractivity contribution in [2.75, 3.05) is 20.1 Å². The molecule has 0 aliphatic heterocycles. The summed E-state index contributed by atoms with van der Waals surface area (Å²) in [7, 11) is 1.83. The summed E-state index contributed by atoms with van der Waals surface area (Å²) in [6, 6.07) is 4.07. The van der Waals surface area contributed by atoms with Crippen LogP contribution in [0.1, 0.15) is 45.1 Å². The Hall–Kier alpha value is -0.850. The van der Waals surface area contributed by atoms with Crippen molar-refractivity contribution in [3.8, 4) is 0 Å². The Labute approximate surface area is 152 Å². The van der Waals surface area contributed by atoms with Crippen LogP contribution in [0.3, 0.4) is 0 Å². The highest BCUT2D eigenvalue weighted by atomic mass is 127. The van der Waals surface area contributed by atoms with Crippen molar-refractivity contribution >= 4 is 29.9 Å². The molecule has 1 aromatic heterocycles. The zero-order valence-corrected chi connectivity index (χ0v) is 16.5. The van der Waals surface area contributed by atoms with E-state index in [9.17, 15) is 0 Å². The predicted octanol–water partition coefficient (Wildman–Crippen LogP) is 3.62. The molecule has 0 bridgehead atoms. The van der Waals surface area contributed by atoms with Crippen molar-refractivity contribution < 1.29 is 0 Å². The lowest BCUT2D eigenvalue weighted by Crippen LogP contribution is -2.40. The second kappa shape index (κ2) is 13.8. The molecule has 0 aliphatic rings. The minimum absolute atomic E-state index is 0. The third-order valence-corrected chi connectivity index (χ3v) is 3.75. The van der Waals surface area contributed by atoms with Crippen molar-refractivity contribution in [3.63, 3.8) is 0 Å². The van der Waals surface area contributed by atoms with Gasteiger partial charge in [-0.2, -0.15) is 0 Å². The zero-order valence-electron chi connectivity index (χ0n) is 14.1. The average Bonchev–Trinajstić information content (AvgIpc) is 2.54. The second-order valence-electron chi connectivity index (χ2n) is 5.41. The van der Waals surface area contributed by atoms with E-state index in [2.05, 4.69) is 40.5 Å². The molecular weight excluding hydrogens is 387 g/mol. The fraction of sp³-hybridized carbons (Fsp3) is 0.647. The fourth-order valence-corrected chi connectivity index (χ4v) is 2.28. The number of nitrogens with one attached hydrogen (secondary N) is 2. The SMILES string of the molecule is CCCCC(CC)CNC(=NC)NCCc1cccnc1.I. The summed E-state index contributed by atoms with van der Waals surface area (Å²) in [5, 5.41) is 6.80. The summed E-state index contributed by atoms with van der Waals surface area (Å²) in [5.41, 5.74) is 1.25. The molecule has 0 aromatic carbocycles. The minimum atomic E-state index is 0. The molecule has 0 amide bonds. The van der Waals surface area contributed by atoms with Gasteiger partial charge in [-0.1, -0.05) is 39.2 Å². The Balaban J connectivity index is 0.00000441. The number of hydrogen-bond acceptors (Lipinski definition) is 2. The van der Waals surface area contributed by atoms with E-state index in [4.69, 9.17) is 0 Å². The van der Waals surface area contributed by atoms with Gasteiger partial charge in [0.25, 0.3) is 0 Å². The Morgan fingerprint density at radius 1 is 1.32 bits per heavy atom. The van der Waals surface area contributed by atoms with Crippen LogP contribution in [0.4, 0.5) is 0 Å². The van der Waals surface area contributed by atoms with Gasteiger partial charge in [-0.05, 0) is 30.4 Å². The first-order valence-electron chi connectivity index (χ1n) is 8.13. The summed E-state index contributed by atoms with van der Waals surface area (Å²) >= 11 is 0. The van der Waals surface area contributed by atoms with Gasteiger partial charge in [-0.3, -0.25) is 9.98 Å². The third-order valence-electron chi connectivity index (χ3n) is 3.75. The van der Waals surface area contributed by atoms with Gasteiger partial charge in [0.05, 0.1) is 0 Å². The number of halogens is 1. The van der Waals surface area contributed by atoms with Gasteiger partial charge in [0.2, 0.25) is 0 Å². The molecule has 22 heavy (non-hydrogen) atoms. The molecule has 126 valence electrons. The lowest BCUT2D eigenvalue weighted by molar-refractivity contribution is 0.444. The summed E-state index contributed by atoms with van der Waals surface area (Å²) in [6.07, 6.45) is 9.78. The number of guanidine groups is 1. The molecule has 1 heterocycles. The number of pyridine rings is 1. The van der Waals surface area contributed by atoms with Crippen LogP contribution < -0.4 is 10.6 Å². The number of rotatable bonds is 9. The van der Waals surface area contributed by atoms with E-state index < -0.39 is 0 Å². The number of hydrogen-bond donors (Lipinski definition) is 2. The molecular formula is C17H31IN4. The van der Waals surface area contributed by atoms with Gasteiger partial charge in [0.15, 0.2) is 5.96 Å². The smallest absolute Gasteiger partial charge is 0.190 e. The van der Waals surface area contributed by atoms with Gasteiger partial charge in [-0.15, -0.1) is 24.0 Å². The van der Waals surface area contributed by atoms with Crippen molar-refractivity contribution in [1.29, 1.82) is 0 Å². The Morgan fingerprint density at radius 2 is 2.14 bits per heavy atom. The lowest BCUT2D eigenvalue weighted by atomic mass is 9.99. The molecule has 0 radical (unpaired) electrons. The highest BCUT2D eigenvalue weighted by molar-refractivity contribution is 14.0. The van der Waals surface area contributed by atoms with E-state index in [1.54, 1.807) is 6.20 Å². The van der Waals surface area contributed by atoms with Gasteiger partial charge in [0.1, 0.15) is 0 Å². The van der Waals surface area contributed by atoms with E-state index in [-0.39, 0.29) is 24.0 Å². The van der Waals surface area contributed by atoms with Crippen molar-refractivity contribution in [3.05, 3.63) is 30.1 Å². The summed E-state index contributed by atoms with van der Waals surface area (Å²) in [6.45, 7) is 6.39. The standard InChI is InChI=1S/C17H30N4.HI/c1-4-6-8-15(5-2)14-21-17(18-3)20-12-10-16-9-7-11-19-13-16;/h7,9,11,13,15H,4-6,8,10,12,14H2,1-3H3,(H2,18,20,21);1H. The van der Waals surface area contributed by atoms with Crippen molar-refractivity contribution in [2.45, 2.75) is 46.0 Å². The van der Waals surface area contributed by atoms with E-state index in [0.29, 0.717) is 0 Å². The van der Waals surface area contributed by atoms with E-state index in [1.165, 1.54) is 31.2 Å². The van der Waals surface area contributed by atoms with E-state index in [1.807, 2.05) is 19.3 Å². The molecule has 1 rings (SSSR count). The Morgan fingerprint density at radius 3 is 2.73 bits per heavy atom. The van der Waals surface area contributed by atoms with Crippen molar-refractivity contribution in [2.24, 2.45) is 10.9 Å². The van der Waals surface area contributed by atoms with Gasteiger partial charge in [0, 0.05) is 32.5 Å². The summed E-state index contributed by atoms with van der Waals surface area (Å²) in [4.78, 5) is 8.41. The lowest BCUT2D eigenvalue weighted by Gasteiger charge is -2.18. The largest absolute Gasteiger partial charge is 0.356 e. The highest BCUT2D eigenvalue weighted by Gasteiger charge is 2.06. The summed E-state index contributed by atoms with van der Waals surface area (Å²) in [5.74, 6) is 1.63. The monoisotopic (exact) mass is 418 g/mol. The first-order valence-corrected chi connectivity index (χ1v) is 8.13. The topological polar surface area (TPSA) is 49.3 Å². The van der Waals surface area contributed by atoms with Crippen LogP contribution in [0.15, 0.2) is 29.5 Å². The Bertz CT molecular complexity index is 395. The molecule has 0 saturated heterocycles. The molecule has 1 unspecified atom stereocenters. The van der Waals surface area contributed by atoms with Crippen LogP contribution in [0.5, 0.6) is 0 Å². The number of aliphatic imine (C=N–C) groups is 1. The first kappa shape index (κ1) is 21.1. The summed E-state index contributed by atoms with van der Waals surface area (Å²) < 4.78 is 0. The van der Waals surface area contributed by atoms with E-state index in [0.717, 1.165) is 31.4 Å². The normalized spacial score (nSPS) is 12.4. The quantitative estimate of drug-likeness (QED) is 0.366. The number of unbranched alkanes of at least 4 members (excludes halogenated alkanes) is 1. The van der Waals surface area contributed by atoms with Crippen LogP contribution in [-0.4, -0.2) is 31.1 Å². The highest BCUT2D eigenvalue weighted by Crippen LogP contribution is 2.10. The molecule has 0 saturated carbocycles. The molecule has 0 fully saturated rings. The van der Waals surface area contributed by atoms with Crippen LogP contribution in [-0.2, 0) is 6.42 Å². The van der Waals surface area contributed by atoms with Crippen LogP contribution in [0, 0.1) is 5.92 Å². The molecule has 1 aromatic rings. The maximum atomic E-state index is 4.28.